The first kappa shape index (κ1) is 22.2. The molecule has 3 aromatic rings. The van der Waals surface area contributed by atoms with Crippen LogP contribution in [0, 0.1) is 10.1 Å². The van der Waals surface area contributed by atoms with Crippen LogP contribution in [0.2, 0.25) is 5.02 Å². The van der Waals surface area contributed by atoms with E-state index in [0.717, 1.165) is 42.2 Å². The predicted molar refractivity (Wildman–Crippen MR) is 126 cm³/mol. The van der Waals surface area contributed by atoms with Crippen molar-refractivity contribution in [2.75, 3.05) is 11.9 Å². The summed E-state index contributed by atoms with van der Waals surface area (Å²) >= 11 is 7.88. The van der Waals surface area contributed by atoms with Crippen LogP contribution in [0.4, 0.5) is 11.4 Å². The van der Waals surface area contributed by atoms with E-state index in [4.69, 9.17) is 11.6 Å². The van der Waals surface area contributed by atoms with Crippen molar-refractivity contribution >= 4 is 56.2 Å². The van der Waals surface area contributed by atoms with E-state index in [2.05, 4.69) is 5.32 Å². The summed E-state index contributed by atoms with van der Waals surface area (Å²) in [5.41, 5.74) is 0.209. The van der Waals surface area contributed by atoms with E-state index in [0.29, 0.717) is 15.6 Å². The highest BCUT2D eigenvalue weighted by Gasteiger charge is 2.31. The average molecular weight is 472 g/mol. The standard InChI is InChI=1S/C23H22ClN3O4S/c24-21-18-11-4-5-12-19(18)32-22(21)23(29)26(16-8-2-1-3-9-16)14-20(28)25-15-7-6-10-17(13-15)27(30)31/h4-7,10-13,16H,1-3,8-9,14H2,(H,25,28). The molecule has 1 N–H and O–H groups in total. The molecule has 1 aliphatic carbocycles. The van der Waals surface area contributed by atoms with E-state index in [9.17, 15) is 19.7 Å². The predicted octanol–water partition coefficient (Wildman–Crippen LogP) is 5.88. The van der Waals surface area contributed by atoms with E-state index in [1.54, 1.807) is 11.0 Å². The molecule has 1 saturated carbocycles. The molecule has 2 aromatic carbocycles. The normalized spacial score (nSPS) is 14.3. The lowest BCUT2D eigenvalue weighted by atomic mass is 9.94. The minimum Gasteiger partial charge on any atom is -0.326 e. The van der Waals surface area contributed by atoms with E-state index in [1.165, 1.54) is 29.5 Å². The number of amides is 2. The Hall–Kier alpha value is -2.97. The van der Waals surface area contributed by atoms with Gasteiger partial charge in [0, 0.05) is 33.9 Å². The first-order valence-electron chi connectivity index (χ1n) is 10.5. The van der Waals surface area contributed by atoms with Gasteiger partial charge in [0.15, 0.2) is 0 Å². The first-order valence-corrected chi connectivity index (χ1v) is 11.7. The van der Waals surface area contributed by atoms with Crippen LogP contribution in [0.25, 0.3) is 10.1 Å². The van der Waals surface area contributed by atoms with Crippen LogP contribution in [-0.4, -0.2) is 34.2 Å². The maximum absolute atomic E-state index is 13.5. The lowest BCUT2D eigenvalue weighted by Gasteiger charge is -2.33. The van der Waals surface area contributed by atoms with Crippen LogP contribution in [-0.2, 0) is 4.79 Å². The van der Waals surface area contributed by atoms with Gasteiger partial charge in [0.25, 0.3) is 11.6 Å². The van der Waals surface area contributed by atoms with Gasteiger partial charge in [0.2, 0.25) is 5.91 Å². The first-order chi connectivity index (χ1) is 15.4. The summed E-state index contributed by atoms with van der Waals surface area (Å²) in [6, 6.07) is 13.3. The number of halogens is 1. The summed E-state index contributed by atoms with van der Waals surface area (Å²) in [7, 11) is 0. The molecule has 1 aromatic heterocycles. The SMILES string of the molecule is O=C(CN(C(=O)c1sc2ccccc2c1Cl)C1CCCCC1)Nc1cccc([N+](=O)[O-])c1. The van der Waals surface area contributed by atoms with Crippen LogP contribution in [0.15, 0.2) is 48.5 Å². The lowest BCUT2D eigenvalue weighted by Crippen LogP contribution is -2.45. The Labute approximate surface area is 194 Å². The average Bonchev–Trinajstić information content (AvgIpc) is 3.14. The van der Waals surface area contributed by atoms with Gasteiger partial charge in [-0.25, -0.2) is 0 Å². The zero-order valence-electron chi connectivity index (χ0n) is 17.3. The Balaban J connectivity index is 1.58. The third kappa shape index (κ3) is 4.76. The summed E-state index contributed by atoms with van der Waals surface area (Å²) < 4.78 is 0.922. The molecule has 9 heteroatoms. The largest absolute Gasteiger partial charge is 0.326 e. The van der Waals surface area contributed by atoms with Gasteiger partial charge < -0.3 is 10.2 Å². The van der Waals surface area contributed by atoms with Crippen molar-refractivity contribution in [1.82, 2.24) is 4.90 Å². The van der Waals surface area contributed by atoms with Crippen LogP contribution in [0.3, 0.4) is 0 Å². The van der Waals surface area contributed by atoms with Gasteiger partial charge in [-0.05, 0) is 25.0 Å². The summed E-state index contributed by atoms with van der Waals surface area (Å²) in [5.74, 6) is -0.654. The van der Waals surface area contributed by atoms with Gasteiger partial charge in [-0.15, -0.1) is 11.3 Å². The second-order valence-electron chi connectivity index (χ2n) is 7.82. The minimum atomic E-state index is -0.517. The van der Waals surface area contributed by atoms with Gasteiger partial charge in [-0.2, -0.15) is 0 Å². The fourth-order valence-corrected chi connectivity index (χ4v) is 5.56. The van der Waals surface area contributed by atoms with Gasteiger partial charge in [0.05, 0.1) is 9.95 Å². The highest BCUT2D eigenvalue weighted by molar-refractivity contribution is 7.21. The molecule has 7 nitrogen and oxygen atoms in total. The number of nitrogens with one attached hydrogen (secondary N) is 1. The fourth-order valence-electron chi connectivity index (χ4n) is 4.09. The van der Waals surface area contributed by atoms with Crippen molar-refractivity contribution in [3.63, 3.8) is 0 Å². The molecule has 0 atom stereocenters. The number of rotatable bonds is 6. The van der Waals surface area contributed by atoms with Gasteiger partial charge in [-0.3, -0.25) is 19.7 Å². The molecule has 1 fully saturated rings. The van der Waals surface area contributed by atoms with Crippen LogP contribution < -0.4 is 5.32 Å². The Kier molecular flexibility index (Phi) is 6.72. The number of fused-ring (bicyclic) bond motifs is 1. The highest BCUT2D eigenvalue weighted by Crippen LogP contribution is 2.37. The highest BCUT2D eigenvalue weighted by atomic mass is 35.5. The number of hydrogen-bond acceptors (Lipinski definition) is 5. The van der Waals surface area contributed by atoms with Crippen molar-refractivity contribution in [2.45, 2.75) is 38.1 Å². The smallest absolute Gasteiger partial charge is 0.271 e. The van der Waals surface area contributed by atoms with E-state index in [-0.39, 0.29) is 24.2 Å². The number of nitrogens with zero attached hydrogens (tertiary/aromatic N) is 2. The third-order valence-electron chi connectivity index (χ3n) is 5.66. The zero-order chi connectivity index (χ0) is 22.7. The zero-order valence-corrected chi connectivity index (χ0v) is 18.8. The van der Waals surface area contributed by atoms with Crippen molar-refractivity contribution in [3.05, 3.63) is 68.5 Å². The molecule has 0 spiro atoms. The molecule has 0 radical (unpaired) electrons. The number of non-ortho nitro benzene ring substituents is 1. The number of nitro benzene ring substituents is 1. The van der Waals surface area contributed by atoms with Crippen molar-refractivity contribution in [2.24, 2.45) is 0 Å². The third-order valence-corrected chi connectivity index (χ3v) is 7.32. The Bertz CT molecular complexity index is 1170. The summed E-state index contributed by atoms with van der Waals surface area (Å²) in [6.45, 7) is -0.142. The minimum absolute atomic E-state index is 0.0478. The maximum Gasteiger partial charge on any atom is 0.271 e. The number of nitro groups is 1. The molecule has 0 bridgehead atoms. The van der Waals surface area contributed by atoms with Crippen LogP contribution in [0.5, 0.6) is 0 Å². The van der Waals surface area contributed by atoms with Crippen LogP contribution >= 0.6 is 22.9 Å². The molecule has 0 unspecified atom stereocenters. The van der Waals surface area contributed by atoms with E-state index in [1.807, 2.05) is 24.3 Å². The number of hydrogen-bond donors (Lipinski definition) is 1. The molecule has 1 aliphatic rings. The summed E-state index contributed by atoms with van der Waals surface area (Å²) in [4.78, 5) is 38.9. The van der Waals surface area contributed by atoms with Crippen molar-refractivity contribution < 1.29 is 14.5 Å². The second kappa shape index (κ2) is 9.67. The molecule has 2 amide bonds. The van der Waals surface area contributed by atoms with Crippen LogP contribution in [0.1, 0.15) is 41.8 Å². The van der Waals surface area contributed by atoms with Crippen molar-refractivity contribution in [1.29, 1.82) is 0 Å². The number of carbonyl (C=O) groups excluding carboxylic acids is 2. The van der Waals surface area contributed by atoms with Gasteiger partial charge in [0.1, 0.15) is 11.4 Å². The fraction of sp³-hybridized carbons (Fsp3) is 0.304. The molecule has 1 heterocycles. The lowest BCUT2D eigenvalue weighted by molar-refractivity contribution is -0.384. The van der Waals surface area contributed by atoms with E-state index < -0.39 is 10.8 Å². The maximum atomic E-state index is 13.5. The Morgan fingerprint density at radius 3 is 2.59 bits per heavy atom. The molecule has 0 saturated heterocycles. The van der Waals surface area contributed by atoms with E-state index >= 15 is 0 Å². The number of benzene rings is 2. The number of carbonyl (C=O) groups is 2. The molecule has 166 valence electrons. The molecule has 32 heavy (non-hydrogen) atoms. The Morgan fingerprint density at radius 2 is 1.88 bits per heavy atom. The molecule has 4 rings (SSSR count). The Morgan fingerprint density at radius 1 is 1.12 bits per heavy atom. The quantitative estimate of drug-likeness (QED) is 0.359. The molecule has 0 aliphatic heterocycles. The van der Waals surface area contributed by atoms with Gasteiger partial charge in [-0.1, -0.05) is 55.1 Å². The summed E-state index contributed by atoms with van der Waals surface area (Å²) in [5, 5.41) is 14.9. The monoisotopic (exact) mass is 471 g/mol. The second-order valence-corrected chi connectivity index (χ2v) is 9.25. The summed E-state index contributed by atoms with van der Waals surface area (Å²) in [6.07, 6.45) is 4.78. The molecular weight excluding hydrogens is 450 g/mol. The number of anilines is 1. The van der Waals surface area contributed by atoms with Crippen molar-refractivity contribution in [3.8, 4) is 0 Å². The van der Waals surface area contributed by atoms with Gasteiger partial charge >= 0.3 is 0 Å². The number of thiophene rings is 1. The topological polar surface area (TPSA) is 92.6 Å². The molecular formula is C23H22ClN3O4S.